The Morgan fingerprint density at radius 2 is 2.38 bits per heavy atom. The molecule has 4 rings (SSSR count). The molecular weight excluding hydrogens is 326 g/mol. The topological polar surface area (TPSA) is 91.1 Å². The van der Waals surface area contributed by atoms with Gasteiger partial charge in [0.25, 0.3) is 0 Å². The fourth-order valence-corrected chi connectivity index (χ4v) is 4.23. The summed E-state index contributed by atoms with van der Waals surface area (Å²) in [5.74, 6) is 0.0681. The summed E-state index contributed by atoms with van der Waals surface area (Å²) < 4.78 is 9.31. The smallest absolute Gasteiger partial charge is 0.238 e. The van der Waals surface area contributed by atoms with Crippen molar-refractivity contribution in [2.45, 2.75) is 12.0 Å². The van der Waals surface area contributed by atoms with Crippen LogP contribution in [0.5, 0.6) is 0 Å². The number of nitriles is 1. The van der Waals surface area contributed by atoms with Crippen molar-refractivity contribution in [3.05, 3.63) is 35.7 Å². The van der Waals surface area contributed by atoms with Crippen molar-refractivity contribution in [1.82, 2.24) is 9.36 Å². The monoisotopic (exact) mass is 341 g/mol. The largest absolute Gasteiger partial charge is 0.377 e. The number of hydrogen-bond acceptors (Lipinski definition) is 7. The highest BCUT2D eigenvalue weighted by Crippen LogP contribution is 2.48. The standard InChI is InChI=1S/C16H15N5O2S/c1-23-8-13-19-15(24-20-13)21-7-10(6-17)16(9-21)11-4-2-3-5-12(11)18-14(16)22/h2-5,10H,7-9H2,1H3,(H,18,22)/t10-,16+/m0/s1. The molecule has 0 unspecified atom stereocenters. The van der Waals surface area contributed by atoms with E-state index in [1.54, 1.807) is 7.11 Å². The van der Waals surface area contributed by atoms with Gasteiger partial charge in [0.15, 0.2) is 5.82 Å². The summed E-state index contributed by atoms with van der Waals surface area (Å²) in [4.78, 5) is 19.2. The van der Waals surface area contributed by atoms with Gasteiger partial charge in [0.05, 0.1) is 12.0 Å². The quantitative estimate of drug-likeness (QED) is 0.910. The zero-order valence-corrected chi connectivity index (χ0v) is 13.8. The molecule has 1 aromatic carbocycles. The second-order valence-corrected chi connectivity index (χ2v) is 6.69. The molecule has 1 N–H and O–H groups in total. The van der Waals surface area contributed by atoms with E-state index >= 15 is 0 Å². The van der Waals surface area contributed by atoms with Crippen LogP contribution in [0.1, 0.15) is 11.4 Å². The van der Waals surface area contributed by atoms with E-state index in [1.165, 1.54) is 11.5 Å². The van der Waals surface area contributed by atoms with E-state index in [0.29, 0.717) is 25.5 Å². The molecule has 2 atom stereocenters. The highest BCUT2D eigenvalue weighted by Gasteiger charge is 2.58. The van der Waals surface area contributed by atoms with Crippen molar-refractivity contribution in [1.29, 1.82) is 5.26 Å². The Morgan fingerprint density at radius 1 is 1.54 bits per heavy atom. The number of hydrogen-bond donors (Lipinski definition) is 1. The number of carbonyl (C=O) groups excluding carboxylic acids is 1. The maximum Gasteiger partial charge on any atom is 0.238 e. The van der Waals surface area contributed by atoms with Crippen molar-refractivity contribution < 1.29 is 9.53 Å². The number of nitrogens with zero attached hydrogens (tertiary/aromatic N) is 4. The van der Waals surface area contributed by atoms with Gasteiger partial charge in [0.1, 0.15) is 12.0 Å². The van der Waals surface area contributed by atoms with Gasteiger partial charge in [-0.05, 0) is 11.6 Å². The third kappa shape index (κ3) is 2.02. The molecular formula is C16H15N5O2S. The molecule has 3 heterocycles. The summed E-state index contributed by atoms with van der Waals surface area (Å²) in [5, 5.41) is 13.3. The molecule has 0 bridgehead atoms. The molecule has 1 saturated heterocycles. The zero-order chi connectivity index (χ0) is 16.7. The Hall–Kier alpha value is -2.50. The maximum absolute atomic E-state index is 12.8. The Morgan fingerprint density at radius 3 is 3.17 bits per heavy atom. The normalized spacial score (nSPS) is 24.9. The molecule has 1 spiro atoms. The molecule has 2 aliphatic heterocycles. The molecule has 2 aliphatic rings. The predicted molar refractivity (Wildman–Crippen MR) is 88.7 cm³/mol. The second-order valence-electron chi connectivity index (χ2n) is 5.96. The first-order valence-electron chi connectivity index (χ1n) is 7.56. The van der Waals surface area contributed by atoms with Gasteiger partial charge in [-0.1, -0.05) is 18.2 Å². The Kier molecular flexibility index (Phi) is 3.48. The van der Waals surface area contributed by atoms with Gasteiger partial charge in [-0.2, -0.15) is 9.64 Å². The minimum Gasteiger partial charge on any atom is -0.377 e. The van der Waals surface area contributed by atoms with Gasteiger partial charge in [-0.15, -0.1) is 0 Å². The second kappa shape index (κ2) is 5.54. The fourth-order valence-electron chi connectivity index (χ4n) is 3.55. The van der Waals surface area contributed by atoms with Crippen LogP contribution in [0.3, 0.4) is 0 Å². The summed E-state index contributed by atoms with van der Waals surface area (Å²) in [6, 6.07) is 9.92. The zero-order valence-electron chi connectivity index (χ0n) is 13.0. The van der Waals surface area contributed by atoms with E-state index in [4.69, 9.17) is 4.74 Å². The molecule has 122 valence electrons. The van der Waals surface area contributed by atoms with Gasteiger partial charge < -0.3 is 15.0 Å². The van der Waals surface area contributed by atoms with Gasteiger partial charge in [-0.3, -0.25) is 4.79 Å². The van der Waals surface area contributed by atoms with Crippen LogP contribution in [-0.2, 0) is 21.6 Å². The summed E-state index contributed by atoms with van der Waals surface area (Å²) in [6.07, 6.45) is 0. The molecule has 2 aromatic rings. The van der Waals surface area contributed by atoms with Crippen molar-refractivity contribution >= 4 is 28.3 Å². The first-order chi connectivity index (χ1) is 11.7. The van der Waals surface area contributed by atoms with Crippen molar-refractivity contribution in [3.8, 4) is 6.07 Å². The molecule has 1 fully saturated rings. The first-order valence-corrected chi connectivity index (χ1v) is 8.33. The van der Waals surface area contributed by atoms with E-state index in [9.17, 15) is 10.1 Å². The van der Waals surface area contributed by atoms with E-state index in [0.717, 1.165) is 16.4 Å². The Balaban J connectivity index is 1.72. The third-order valence-electron chi connectivity index (χ3n) is 4.66. The number of benzene rings is 1. The summed E-state index contributed by atoms with van der Waals surface area (Å²) in [6.45, 7) is 1.23. The third-order valence-corrected chi connectivity index (χ3v) is 5.47. The SMILES string of the molecule is COCc1nsc(N2C[C@H](C#N)[C@@]3(C2)C(=O)Nc2ccccc23)n1. The van der Waals surface area contributed by atoms with Crippen LogP contribution in [0.2, 0.25) is 0 Å². The maximum atomic E-state index is 12.8. The van der Waals surface area contributed by atoms with Crippen LogP contribution in [0.25, 0.3) is 0 Å². The summed E-state index contributed by atoms with van der Waals surface area (Å²) in [5.41, 5.74) is 0.839. The molecule has 1 aromatic heterocycles. The fraction of sp³-hybridized carbons (Fsp3) is 0.375. The lowest BCUT2D eigenvalue weighted by atomic mass is 9.74. The molecule has 7 nitrogen and oxygen atoms in total. The van der Waals surface area contributed by atoms with Crippen LogP contribution in [-0.4, -0.2) is 35.5 Å². The molecule has 0 radical (unpaired) electrons. The summed E-state index contributed by atoms with van der Waals surface area (Å²) >= 11 is 1.27. The number of carbonyl (C=O) groups is 1. The van der Waals surface area contributed by atoms with Crippen LogP contribution in [0.15, 0.2) is 24.3 Å². The number of ether oxygens (including phenoxy) is 1. The number of fused-ring (bicyclic) bond motifs is 2. The van der Waals surface area contributed by atoms with Crippen LogP contribution >= 0.6 is 11.5 Å². The number of aromatic nitrogens is 2. The lowest BCUT2D eigenvalue weighted by Gasteiger charge is -2.24. The molecule has 24 heavy (non-hydrogen) atoms. The number of para-hydroxylation sites is 1. The molecule has 0 saturated carbocycles. The highest BCUT2D eigenvalue weighted by molar-refractivity contribution is 7.09. The van der Waals surface area contributed by atoms with Crippen molar-refractivity contribution in [2.24, 2.45) is 5.92 Å². The highest BCUT2D eigenvalue weighted by atomic mass is 32.1. The van der Waals surface area contributed by atoms with E-state index in [1.807, 2.05) is 29.2 Å². The molecule has 8 heteroatoms. The van der Waals surface area contributed by atoms with Crippen molar-refractivity contribution in [3.63, 3.8) is 0 Å². The predicted octanol–water partition coefficient (Wildman–Crippen LogP) is 1.53. The van der Waals surface area contributed by atoms with Gasteiger partial charge in [0.2, 0.25) is 11.0 Å². The minimum atomic E-state index is -0.849. The van der Waals surface area contributed by atoms with Crippen LogP contribution in [0.4, 0.5) is 10.8 Å². The molecule has 1 amide bonds. The lowest BCUT2D eigenvalue weighted by Crippen LogP contribution is -2.41. The number of nitrogens with one attached hydrogen (secondary N) is 1. The number of amides is 1. The van der Waals surface area contributed by atoms with Gasteiger partial charge in [0, 0.05) is 37.4 Å². The number of methoxy groups -OCH3 is 1. The van der Waals surface area contributed by atoms with Gasteiger partial charge in [-0.25, -0.2) is 4.98 Å². The van der Waals surface area contributed by atoms with Crippen LogP contribution in [0, 0.1) is 17.2 Å². The molecule has 0 aliphatic carbocycles. The Bertz CT molecular complexity index is 845. The van der Waals surface area contributed by atoms with E-state index in [2.05, 4.69) is 20.7 Å². The number of rotatable bonds is 3. The number of anilines is 2. The van der Waals surface area contributed by atoms with Crippen molar-refractivity contribution in [2.75, 3.05) is 30.4 Å². The first kappa shape index (κ1) is 15.1. The summed E-state index contributed by atoms with van der Waals surface area (Å²) in [7, 11) is 1.59. The Labute approximate surface area is 143 Å². The average Bonchev–Trinajstić information content (AvgIpc) is 3.26. The van der Waals surface area contributed by atoms with Crippen LogP contribution < -0.4 is 10.2 Å². The minimum absolute atomic E-state index is 0.112. The average molecular weight is 341 g/mol. The van der Waals surface area contributed by atoms with E-state index < -0.39 is 11.3 Å². The lowest BCUT2D eigenvalue weighted by molar-refractivity contribution is -0.120. The van der Waals surface area contributed by atoms with Gasteiger partial charge >= 0.3 is 0 Å². The van der Waals surface area contributed by atoms with E-state index in [-0.39, 0.29) is 5.91 Å².